The summed E-state index contributed by atoms with van der Waals surface area (Å²) in [6.45, 7) is -1.40. The largest absolute Gasteiger partial charge is 0.484 e. The zero-order valence-electron chi connectivity index (χ0n) is 12.6. The lowest BCUT2D eigenvalue weighted by atomic mass is 10.2. The molecule has 3 N–H and O–H groups in total. The van der Waals surface area contributed by atoms with Gasteiger partial charge in [-0.05, 0) is 30.3 Å². The second-order valence-electron chi connectivity index (χ2n) is 4.94. The number of alkyl halides is 3. The molecule has 1 amide bonds. The molecule has 0 bridgehead atoms. The summed E-state index contributed by atoms with van der Waals surface area (Å²) in [4.78, 5) is 23.8. The van der Waals surface area contributed by atoms with E-state index in [9.17, 15) is 22.8 Å². The van der Waals surface area contributed by atoms with Crippen LogP contribution in [0.4, 0.5) is 24.5 Å². The number of pyridine rings is 1. The second kappa shape index (κ2) is 6.65. The van der Waals surface area contributed by atoms with Gasteiger partial charge in [-0.1, -0.05) is 0 Å². The zero-order chi connectivity index (χ0) is 17.9. The number of nitrogen functional groups attached to an aromatic ring is 1. The first-order valence-corrected chi connectivity index (χ1v) is 6.73. The van der Waals surface area contributed by atoms with Gasteiger partial charge < -0.3 is 20.4 Å². The Hall–Kier alpha value is -2.97. The molecule has 128 valence electrons. The topological polar surface area (TPSA) is 86.3 Å². The highest BCUT2D eigenvalue weighted by Crippen LogP contribution is 2.20. The van der Waals surface area contributed by atoms with E-state index in [1.165, 1.54) is 48.1 Å². The smallest absolute Gasteiger partial charge is 0.422 e. The second-order valence-corrected chi connectivity index (χ2v) is 4.94. The van der Waals surface area contributed by atoms with Gasteiger partial charge in [0.1, 0.15) is 11.4 Å². The van der Waals surface area contributed by atoms with Gasteiger partial charge in [-0.15, -0.1) is 0 Å². The number of anilines is 2. The fraction of sp³-hybridized carbons (Fsp3) is 0.200. The number of aryl methyl sites for hydroxylation is 1. The molecule has 0 unspecified atom stereocenters. The first-order chi connectivity index (χ1) is 11.2. The van der Waals surface area contributed by atoms with E-state index in [0.717, 1.165) is 0 Å². The summed E-state index contributed by atoms with van der Waals surface area (Å²) in [5, 5.41) is 2.50. The Morgan fingerprint density at radius 1 is 1.25 bits per heavy atom. The van der Waals surface area contributed by atoms with Gasteiger partial charge in [-0.3, -0.25) is 9.59 Å². The van der Waals surface area contributed by atoms with Crippen LogP contribution in [0.25, 0.3) is 0 Å². The molecule has 1 heterocycles. The summed E-state index contributed by atoms with van der Waals surface area (Å²) < 4.78 is 42.0. The van der Waals surface area contributed by atoms with Crippen molar-refractivity contribution in [3.05, 3.63) is 52.4 Å². The molecule has 1 aromatic heterocycles. The number of ether oxygens (including phenoxy) is 1. The first-order valence-electron chi connectivity index (χ1n) is 6.73. The summed E-state index contributed by atoms with van der Waals surface area (Å²) in [5.41, 5.74) is 5.26. The highest BCUT2D eigenvalue weighted by atomic mass is 19.4. The lowest BCUT2D eigenvalue weighted by molar-refractivity contribution is -0.153. The van der Waals surface area contributed by atoms with Crippen LogP contribution in [0.5, 0.6) is 5.75 Å². The van der Waals surface area contributed by atoms with Crippen molar-refractivity contribution in [1.29, 1.82) is 0 Å². The molecular weight excluding hydrogens is 327 g/mol. The van der Waals surface area contributed by atoms with Gasteiger partial charge in [0.15, 0.2) is 6.61 Å². The fourth-order valence-corrected chi connectivity index (χ4v) is 1.85. The number of halogens is 3. The third-order valence-corrected chi connectivity index (χ3v) is 3.07. The molecule has 0 saturated heterocycles. The van der Waals surface area contributed by atoms with Crippen LogP contribution in [0.15, 0.2) is 41.3 Å². The van der Waals surface area contributed by atoms with Crippen molar-refractivity contribution >= 4 is 17.3 Å². The standard InChI is InChI=1S/C15H14F3N3O3/c1-21-7-6-11(12(19)14(21)23)13(22)20-9-2-4-10(5-3-9)24-8-15(16,17)18/h2-7H,8,19H2,1H3,(H,20,22). The van der Waals surface area contributed by atoms with E-state index >= 15 is 0 Å². The van der Waals surface area contributed by atoms with Gasteiger partial charge in [0.25, 0.3) is 11.5 Å². The predicted octanol–water partition coefficient (Wildman–Crippen LogP) is 2.16. The molecular formula is C15H14F3N3O3. The fourth-order valence-electron chi connectivity index (χ4n) is 1.85. The molecule has 0 fully saturated rings. The molecule has 24 heavy (non-hydrogen) atoms. The molecule has 9 heteroatoms. The maximum absolute atomic E-state index is 12.1. The van der Waals surface area contributed by atoms with Crippen LogP contribution in [-0.4, -0.2) is 23.3 Å². The Kier molecular flexibility index (Phi) is 4.82. The predicted molar refractivity (Wildman–Crippen MR) is 82.0 cm³/mol. The number of hydrogen-bond donors (Lipinski definition) is 2. The normalized spacial score (nSPS) is 11.2. The van der Waals surface area contributed by atoms with Crippen LogP contribution in [0.3, 0.4) is 0 Å². The van der Waals surface area contributed by atoms with Crippen LogP contribution in [-0.2, 0) is 7.05 Å². The molecule has 0 spiro atoms. The molecule has 0 atom stereocenters. The number of nitrogens with zero attached hydrogens (tertiary/aromatic N) is 1. The van der Waals surface area contributed by atoms with Crippen LogP contribution < -0.4 is 21.3 Å². The maximum atomic E-state index is 12.1. The summed E-state index contributed by atoms with van der Waals surface area (Å²) in [5.74, 6) is -0.590. The summed E-state index contributed by atoms with van der Waals surface area (Å²) in [6.07, 6.45) is -3.02. The van der Waals surface area contributed by atoms with E-state index in [1.54, 1.807) is 0 Å². The first kappa shape index (κ1) is 17.4. The SMILES string of the molecule is Cn1ccc(C(=O)Nc2ccc(OCC(F)(F)F)cc2)c(N)c1=O. The van der Waals surface area contributed by atoms with E-state index in [1.807, 2.05) is 0 Å². The van der Waals surface area contributed by atoms with Crippen LogP contribution in [0.2, 0.25) is 0 Å². The minimum absolute atomic E-state index is 0.00972. The van der Waals surface area contributed by atoms with Gasteiger partial charge in [0.2, 0.25) is 0 Å². The van der Waals surface area contributed by atoms with Crippen LogP contribution in [0, 0.1) is 0 Å². The highest BCUT2D eigenvalue weighted by Gasteiger charge is 2.28. The molecule has 2 rings (SSSR count). The minimum Gasteiger partial charge on any atom is -0.484 e. The third-order valence-electron chi connectivity index (χ3n) is 3.07. The molecule has 0 saturated carbocycles. The van der Waals surface area contributed by atoms with E-state index in [0.29, 0.717) is 5.69 Å². The Labute approximate surface area is 134 Å². The Balaban J connectivity index is 2.07. The molecule has 0 radical (unpaired) electrons. The minimum atomic E-state index is -4.43. The molecule has 2 aromatic rings. The molecule has 0 aliphatic heterocycles. The van der Waals surface area contributed by atoms with E-state index < -0.39 is 24.2 Å². The van der Waals surface area contributed by atoms with Crippen molar-refractivity contribution in [2.45, 2.75) is 6.18 Å². The van der Waals surface area contributed by atoms with Gasteiger partial charge in [-0.2, -0.15) is 13.2 Å². The molecule has 1 aromatic carbocycles. The number of carbonyl (C=O) groups excluding carboxylic acids is 1. The van der Waals surface area contributed by atoms with Crippen LogP contribution >= 0.6 is 0 Å². The monoisotopic (exact) mass is 341 g/mol. The molecule has 6 nitrogen and oxygen atoms in total. The van der Waals surface area contributed by atoms with Gasteiger partial charge in [0.05, 0.1) is 5.56 Å². The molecule has 0 aliphatic rings. The summed E-state index contributed by atoms with van der Waals surface area (Å²) >= 11 is 0. The average molecular weight is 341 g/mol. The van der Waals surface area contributed by atoms with Gasteiger partial charge in [-0.25, -0.2) is 0 Å². The number of nitrogens with one attached hydrogen (secondary N) is 1. The van der Waals surface area contributed by atoms with Crippen molar-refractivity contribution < 1.29 is 22.7 Å². The summed E-state index contributed by atoms with van der Waals surface area (Å²) in [7, 11) is 1.50. The number of benzene rings is 1. The van der Waals surface area contributed by atoms with Crippen molar-refractivity contribution in [1.82, 2.24) is 4.57 Å². The van der Waals surface area contributed by atoms with Crippen molar-refractivity contribution in [2.75, 3.05) is 17.7 Å². The van der Waals surface area contributed by atoms with Gasteiger partial charge in [0, 0.05) is 18.9 Å². The van der Waals surface area contributed by atoms with E-state index in [2.05, 4.69) is 10.1 Å². The van der Waals surface area contributed by atoms with Crippen molar-refractivity contribution in [2.24, 2.45) is 7.05 Å². The number of rotatable bonds is 4. The lowest BCUT2D eigenvalue weighted by Gasteiger charge is -2.11. The Morgan fingerprint density at radius 3 is 2.46 bits per heavy atom. The summed E-state index contributed by atoms with van der Waals surface area (Å²) in [6, 6.07) is 6.72. The maximum Gasteiger partial charge on any atom is 0.422 e. The number of nitrogens with two attached hydrogens (primary N) is 1. The van der Waals surface area contributed by atoms with Crippen molar-refractivity contribution in [3.8, 4) is 5.75 Å². The van der Waals surface area contributed by atoms with Crippen LogP contribution in [0.1, 0.15) is 10.4 Å². The highest BCUT2D eigenvalue weighted by molar-refractivity contribution is 6.07. The van der Waals surface area contributed by atoms with E-state index in [-0.39, 0.29) is 17.0 Å². The molecule has 0 aliphatic carbocycles. The van der Waals surface area contributed by atoms with Gasteiger partial charge >= 0.3 is 6.18 Å². The third kappa shape index (κ3) is 4.28. The van der Waals surface area contributed by atoms with E-state index in [4.69, 9.17) is 5.73 Å². The number of aromatic nitrogens is 1. The lowest BCUT2D eigenvalue weighted by Crippen LogP contribution is -2.25. The Morgan fingerprint density at radius 2 is 1.88 bits per heavy atom. The quantitative estimate of drug-likeness (QED) is 0.892. The number of carbonyl (C=O) groups is 1. The average Bonchev–Trinajstić information content (AvgIpc) is 2.51. The number of hydrogen-bond acceptors (Lipinski definition) is 4. The number of amides is 1. The zero-order valence-corrected chi connectivity index (χ0v) is 12.6. The van der Waals surface area contributed by atoms with Crippen molar-refractivity contribution in [3.63, 3.8) is 0 Å². The Bertz CT molecular complexity index is 798.